The van der Waals surface area contributed by atoms with Crippen LogP contribution in [0.3, 0.4) is 0 Å². The first kappa shape index (κ1) is 11.4. The van der Waals surface area contributed by atoms with Crippen molar-refractivity contribution in [2.75, 3.05) is 0 Å². The van der Waals surface area contributed by atoms with E-state index in [0.29, 0.717) is 12.8 Å². The van der Waals surface area contributed by atoms with Crippen LogP contribution in [0.5, 0.6) is 0 Å². The number of hydrogen-bond acceptors (Lipinski definition) is 0. The summed E-state index contributed by atoms with van der Waals surface area (Å²) in [6, 6.07) is 0. The predicted octanol–water partition coefficient (Wildman–Crippen LogP) is 4.04. The summed E-state index contributed by atoms with van der Waals surface area (Å²) in [6.45, 7) is 7.64. The standard InChI is InChI=1S/C11H19F/c1-4-7-11(12)9-6-5-8-10(2)3/h4,8,11H,1,5-7,9H2,2-3H3. The molecule has 0 aliphatic heterocycles. The average Bonchev–Trinajstić information content (AvgIpc) is 1.98. The molecule has 1 atom stereocenters. The van der Waals surface area contributed by atoms with Gasteiger partial charge in [-0.05, 0) is 39.5 Å². The summed E-state index contributed by atoms with van der Waals surface area (Å²) in [5, 5.41) is 0. The third-order valence-corrected chi connectivity index (χ3v) is 1.70. The van der Waals surface area contributed by atoms with Crippen molar-refractivity contribution < 1.29 is 4.39 Å². The lowest BCUT2D eigenvalue weighted by molar-refractivity contribution is 0.312. The summed E-state index contributed by atoms with van der Waals surface area (Å²) in [5.74, 6) is 0. The molecular formula is C11H19F. The van der Waals surface area contributed by atoms with Gasteiger partial charge in [0.15, 0.2) is 0 Å². The first-order chi connectivity index (χ1) is 5.66. The molecule has 70 valence electrons. The summed E-state index contributed by atoms with van der Waals surface area (Å²) in [5.41, 5.74) is 1.31. The molecule has 0 saturated carbocycles. The Hall–Kier alpha value is -0.590. The largest absolute Gasteiger partial charge is 0.247 e. The van der Waals surface area contributed by atoms with E-state index in [1.165, 1.54) is 5.57 Å². The highest BCUT2D eigenvalue weighted by Gasteiger charge is 2.01. The van der Waals surface area contributed by atoms with E-state index in [1.54, 1.807) is 6.08 Å². The quantitative estimate of drug-likeness (QED) is 0.417. The average molecular weight is 170 g/mol. The van der Waals surface area contributed by atoms with E-state index < -0.39 is 6.17 Å². The molecule has 0 aliphatic carbocycles. The summed E-state index contributed by atoms with van der Waals surface area (Å²) in [7, 11) is 0. The van der Waals surface area contributed by atoms with Gasteiger partial charge in [0.1, 0.15) is 6.17 Å². The van der Waals surface area contributed by atoms with Gasteiger partial charge >= 0.3 is 0 Å². The van der Waals surface area contributed by atoms with E-state index in [1.807, 2.05) is 0 Å². The summed E-state index contributed by atoms with van der Waals surface area (Å²) < 4.78 is 12.8. The Labute approximate surface area is 75.2 Å². The number of hydrogen-bond donors (Lipinski definition) is 0. The molecule has 12 heavy (non-hydrogen) atoms. The monoisotopic (exact) mass is 170 g/mol. The van der Waals surface area contributed by atoms with Crippen molar-refractivity contribution in [3.63, 3.8) is 0 Å². The lowest BCUT2D eigenvalue weighted by Gasteiger charge is -2.02. The van der Waals surface area contributed by atoms with Crippen LogP contribution in [0, 0.1) is 0 Å². The van der Waals surface area contributed by atoms with Gasteiger partial charge in [-0.2, -0.15) is 0 Å². The van der Waals surface area contributed by atoms with Crippen molar-refractivity contribution in [1.29, 1.82) is 0 Å². The van der Waals surface area contributed by atoms with Crippen LogP contribution in [0.4, 0.5) is 4.39 Å². The van der Waals surface area contributed by atoms with Crippen LogP contribution < -0.4 is 0 Å². The van der Waals surface area contributed by atoms with E-state index in [4.69, 9.17) is 0 Å². The lowest BCUT2D eigenvalue weighted by atomic mass is 10.1. The van der Waals surface area contributed by atoms with E-state index in [-0.39, 0.29) is 0 Å². The van der Waals surface area contributed by atoms with Crippen molar-refractivity contribution in [2.45, 2.75) is 45.7 Å². The van der Waals surface area contributed by atoms with Crippen molar-refractivity contribution in [1.82, 2.24) is 0 Å². The minimum absolute atomic E-state index is 0.495. The van der Waals surface area contributed by atoms with Crippen LogP contribution in [0.2, 0.25) is 0 Å². The van der Waals surface area contributed by atoms with Crippen LogP contribution in [0.1, 0.15) is 39.5 Å². The number of allylic oxidation sites excluding steroid dienone is 3. The SMILES string of the molecule is C=CCC(F)CCCC=C(C)C. The maximum Gasteiger partial charge on any atom is 0.104 e. The molecule has 0 rings (SSSR count). The highest BCUT2D eigenvalue weighted by atomic mass is 19.1. The smallest absolute Gasteiger partial charge is 0.104 e. The van der Waals surface area contributed by atoms with Gasteiger partial charge in [-0.1, -0.05) is 17.7 Å². The van der Waals surface area contributed by atoms with Crippen molar-refractivity contribution >= 4 is 0 Å². The molecule has 0 radical (unpaired) electrons. The van der Waals surface area contributed by atoms with Gasteiger partial charge in [-0.3, -0.25) is 0 Å². The van der Waals surface area contributed by atoms with E-state index in [0.717, 1.165) is 12.8 Å². The summed E-state index contributed by atoms with van der Waals surface area (Å²) in [6.07, 6.45) is 6.21. The molecule has 0 aromatic heterocycles. The molecule has 0 N–H and O–H groups in total. The Morgan fingerprint density at radius 1 is 1.50 bits per heavy atom. The maximum absolute atomic E-state index is 12.8. The maximum atomic E-state index is 12.8. The fourth-order valence-electron chi connectivity index (χ4n) is 1.03. The first-order valence-corrected chi connectivity index (χ1v) is 4.55. The Kier molecular flexibility index (Phi) is 6.73. The lowest BCUT2D eigenvalue weighted by Crippen LogP contribution is -1.96. The highest BCUT2D eigenvalue weighted by Crippen LogP contribution is 2.09. The molecule has 0 amide bonds. The molecule has 0 aliphatic rings. The Balaban J connectivity index is 3.30. The third kappa shape index (κ3) is 7.52. The fourth-order valence-corrected chi connectivity index (χ4v) is 1.03. The van der Waals surface area contributed by atoms with Crippen molar-refractivity contribution in [3.8, 4) is 0 Å². The third-order valence-electron chi connectivity index (χ3n) is 1.70. The molecule has 0 aromatic rings. The zero-order chi connectivity index (χ0) is 9.40. The second-order valence-electron chi connectivity index (χ2n) is 3.33. The van der Waals surface area contributed by atoms with E-state index >= 15 is 0 Å². The van der Waals surface area contributed by atoms with Gasteiger partial charge in [-0.15, -0.1) is 6.58 Å². The molecule has 0 aromatic carbocycles. The first-order valence-electron chi connectivity index (χ1n) is 4.55. The second-order valence-corrected chi connectivity index (χ2v) is 3.33. The van der Waals surface area contributed by atoms with Gasteiger partial charge in [0, 0.05) is 0 Å². The molecule has 1 heteroatoms. The fraction of sp³-hybridized carbons (Fsp3) is 0.636. The zero-order valence-electron chi connectivity index (χ0n) is 8.15. The van der Waals surface area contributed by atoms with Gasteiger partial charge in [0.25, 0.3) is 0 Å². The van der Waals surface area contributed by atoms with Crippen LogP contribution in [0.25, 0.3) is 0 Å². The van der Waals surface area contributed by atoms with Crippen molar-refractivity contribution in [3.05, 3.63) is 24.3 Å². The molecule has 0 saturated heterocycles. The second kappa shape index (κ2) is 7.08. The number of unbranched alkanes of at least 4 members (excludes halogenated alkanes) is 1. The zero-order valence-corrected chi connectivity index (χ0v) is 8.15. The van der Waals surface area contributed by atoms with Crippen LogP contribution in [-0.4, -0.2) is 6.17 Å². The minimum atomic E-state index is -0.687. The summed E-state index contributed by atoms with van der Waals surface area (Å²) in [4.78, 5) is 0. The Morgan fingerprint density at radius 2 is 2.17 bits per heavy atom. The van der Waals surface area contributed by atoms with E-state index in [9.17, 15) is 4.39 Å². The van der Waals surface area contributed by atoms with Crippen LogP contribution >= 0.6 is 0 Å². The Morgan fingerprint density at radius 3 is 2.67 bits per heavy atom. The number of halogens is 1. The molecule has 1 unspecified atom stereocenters. The molecule has 0 spiro atoms. The van der Waals surface area contributed by atoms with Gasteiger partial charge in [-0.25, -0.2) is 4.39 Å². The van der Waals surface area contributed by atoms with Crippen molar-refractivity contribution in [2.24, 2.45) is 0 Å². The molecule has 0 fully saturated rings. The Bertz CT molecular complexity index is 143. The normalized spacial score (nSPS) is 12.2. The van der Waals surface area contributed by atoms with Crippen LogP contribution in [-0.2, 0) is 0 Å². The van der Waals surface area contributed by atoms with Crippen LogP contribution in [0.15, 0.2) is 24.3 Å². The number of alkyl halides is 1. The van der Waals surface area contributed by atoms with Gasteiger partial charge in [0.05, 0.1) is 0 Å². The highest BCUT2D eigenvalue weighted by molar-refractivity contribution is 4.92. The van der Waals surface area contributed by atoms with Gasteiger partial charge < -0.3 is 0 Å². The van der Waals surface area contributed by atoms with Gasteiger partial charge in [0.2, 0.25) is 0 Å². The number of rotatable bonds is 6. The molecule has 0 heterocycles. The molecule has 0 bridgehead atoms. The minimum Gasteiger partial charge on any atom is -0.247 e. The molecular weight excluding hydrogens is 151 g/mol. The topological polar surface area (TPSA) is 0 Å². The van der Waals surface area contributed by atoms with E-state index in [2.05, 4.69) is 26.5 Å². The summed E-state index contributed by atoms with van der Waals surface area (Å²) >= 11 is 0. The molecule has 0 nitrogen and oxygen atoms in total. The predicted molar refractivity (Wildman–Crippen MR) is 53.0 cm³/mol.